The van der Waals surface area contributed by atoms with Crippen LogP contribution < -0.4 is 10.6 Å². The summed E-state index contributed by atoms with van der Waals surface area (Å²) in [4.78, 5) is 9.97. The molecular weight excluding hydrogens is 381 g/mol. The van der Waals surface area contributed by atoms with Crippen molar-refractivity contribution < 1.29 is 9.13 Å². The Bertz CT molecular complexity index is 687. The predicted molar refractivity (Wildman–Crippen MR) is 118 cm³/mol. The van der Waals surface area contributed by atoms with Crippen molar-refractivity contribution in [2.75, 3.05) is 59.0 Å². The number of nitrogens with one attached hydrogen (secondary N) is 2. The third-order valence-electron chi connectivity index (χ3n) is 6.45. The minimum absolute atomic E-state index is 0.127. The van der Waals surface area contributed by atoms with Crippen LogP contribution in [0.15, 0.2) is 29.3 Å². The van der Waals surface area contributed by atoms with Gasteiger partial charge in [-0.05, 0) is 56.3 Å². The molecule has 0 spiro atoms. The number of guanidine groups is 1. The summed E-state index contributed by atoms with van der Waals surface area (Å²) in [5, 5.41) is 6.96. The summed E-state index contributed by atoms with van der Waals surface area (Å²) < 4.78 is 19.0. The molecule has 0 amide bonds. The Morgan fingerprint density at radius 2 is 1.90 bits per heavy atom. The number of morpholine rings is 1. The summed E-state index contributed by atoms with van der Waals surface area (Å²) in [7, 11) is 0. The quantitative estimate of drug-likeness (QED) is 0.502. The highest BCUT2D eigenvalue weighted by Crippen LogP contribution is 2.31. The summed E-state index contributed by atoms with van der Waals surface area (Å²) in [6.07, 6.45) is 4.04. The predicted octanol–water partition coefficient (Wildman–Crippen LogP) is 2.24. The highest BCUT2D eigenvalue weighted by molar-refractivity contribution is 5.79. The van der Waals surface area contributed by atoms with Crippen molar-refractivity contribution in [2.24, 2.45) is 10.9 Å². The molecule has 7 heteroatoms. The van der Waals surface area contributed by atoms with Gasteiger partial charge in [0.25, 0.3) is 0 Å². The number of halogens is 1. The van der Waals surface area contributed by atoms with E-state index in [1.165, 1.54) is 32.4 Å². The Labute approximate surface area is 179 Å². The van der Waals surface area contributed by atoms with E-state index in [0.717, 1.165) is 57.0 Å². The zero-order valence-corrected chi connectivity index (χ0v) is 18.2. The SMILES string of the molecule is CCNC(=NCC(c1ccc(F)cc1)N1CCOCC1)NCC1CCN(C2CC2)C1. The first-order chi connectivity index (χ1) is 14.7. The van der Waals surface area contributed by atoms with E-state index >= 15 is 0 Å². The molecule has 2 unspecified atom stereocenters. The lowest BCUT2D eigenvalue weighted by molar-refractivity contribution is 0.0179. The number of aliphatic imine (C=N–C) groups is 1. The molecule has 2 atom stereocenters. The Balaban J connectivity index is 1.37. The third-order valence-corrected chi connectivity index (χ3v) is 6.45. The van der Waals surface area contributed by atoms with Crippen LogP contribution >= 0.6 is 0 Å². The second-order valence-electron chi connectivity index (χ2n) is 8.70. The second-order valence-corrected chi connectivity index (χ2v) is 8.70. The zero-order chi connectivity index (χ0) is 20.8. The van der Waals surface area contributed by atoms with Crippen molar-refractivity contribution in [2.45, 2.75) is 38.3 Å². The molecule has 0 radical (unpaired) electrons. The van der Waals surface area contributed by atoms with E-state index in [0.29, 0.717) is 12.5 Å². The number of ether oxygens (including phenoxy) is 1. The standard InChI is InChI=1S/C23H36FN5O/c1-2-25-23(26-15-18-9-10-29(17-18)21-7-8-21)27-16-22(28-11-13-30-14-12-28)19-3-5-20(24)6-4-19/h3-6,18,21-22H,2,7-17H2,1H3,(H2,25,26,27). The fourth-order valence-corrected chi connectivity index (χ4v) is 4.57. The first-order valence-corrected chi connectivity index (χ1v) is 11.6. The fraction of sp³-hybridized carbons (Fsp3) is 0.696. The molecule has 2 heterocycles. The van der Waals surface area contributed by atoms with Gasteiger partial charge in [-0.3, -0.25) is 9.89 Å². The highest BCUT2D eigenvalue weighted by atomic mass is 19.1. The topological polar surface area (TPSA) is 52.1 Å². The van der Waals surface area contributed by atoms with Gasteiger partial charge in [0.15, 0.2) is 5.96 Å². The van der Waals surface area contributed by atoms with E-state index in [2.05, 4.69) is 27.4 Å². The summed E-state index contributed by atoms with van der Waals surface area (Å²) in [5.41, 5.74) is 1.11. The van der Waals surface area contributed by atoms with E-state index in [1.54, 1.807) is 12.1 Å². The van der Waals surface area contributed by atoms with Crippen molar-refractivity contribution in [1.82, 2.24) is 20.4 Å². The van der Waals surface area contributed by atoms with Gasteiger partial charge in [-0.2, -0.15) is 0 Å². The zero-order valence-electron chi connectivity index (χ0n) is 18.2. The molecule has 2 saturated heterocycles. The van der Waals surface area contributed by atoms with E-state index in [-0.39, 0.29) is 11.9 Å². The van der Waals surface area contributed by atoms with Crippen LogP contribution in [0.2, 0.25) is 0 Å². The molecule has 1 aliphatic carbocycles. The molecule has 0 aromatic heterocycles. The van der Waals surface area contributed by atoms with Crippen molar-refractivity contribution in [3.63, 3.8) is 0 Å². The van der Waals surface area contributed by atoms with Gasteiger partial charge in [0, 0.05) is 38.8 Å². The maximum absolute atomic E-state index is 13.5. The summed E-state index contributed by atoms with van der Waals surface area (Å²) in [6, 6.07) is 7.85. The lowest BCUT2D eigenvalue weighted by Crippen LogP contribution is -2.42. The molecule has 1 saturated carbocycles. The average molecular weight is 418 g/mol. The van der Waals surface area contributed by atoms with Crippen LogP contribution in [0.4, 0.5) is 4.39 Å². The van der Waals surface area contributed by atoms with Gasteiger partial charge in [-0.15, -0.1) is 0 Å². The van der Waals surface area contributed by atoms with Gasteiger partial charge in [0.05, 0.1) is 25.8 Å². The lowest BCUT2D eigenvalue weighted by atomic mass is 10.0. The number of nitrogens with zero attached hydrogens (tertiary/aromatic N) is 3. The number of hydrogen-bond acceptors (Lipinski definition) is 4. The smallest absolute Gasteiger partial charge is 0.191 e. The lowest BCUT2D eigenvalue weighted by Gasteiger charge is -2.34. The molecule has 30 heavy (non-hydrogen) atoms. The number of rotatable bonds is 8. The molecule has 3 aliphatic rings. The Hall–Kier alpha value is -1.70. The number of likely N-dealkylation sites (tertiary alicyclic amines) is 1. The van der Waals surface area contributed by atoms with Gasteiger partial charge in [0.2, 0.25) is 0 Å². The molecule has 2 N–H and O–H groups in total. The molecule has 6 nitrogen and oxygen atoms in total. The molecular formula is C23H36FN5O. The van der Waals surface area contributed by atoms with Crippen LogP contribution in [0.5, 0.6) is 0 Å². The van der Waals surface area contributed by atoms with Gasteiger partial charge in [-0.1, -0.05) is 12.1 Å². The van der Waals surface area contributed by atoms with E-state index < -0.39 is 0 Å². The maximum atomic E-state index is 13.5. The molecule has 1 aromatic carbocycles. The second kappa shape index (κ2) is 10.6. The number of hydrogen-bond donors (Lipinski definition) is 2. The Morgan fingerprint density at radius 3 is 2.60 bits per heavy atom. The monoisotopic (exact) mass is 417 g/mol. The van der Waals surface area contributed by atoms with Crippen LogP contribution in [0.25, 0.3) is 0 Å². The summed E-state index contributed by atoms with van der Waals surface area (Å²) >= 11 is 0. The molecule has 0 bridgehead atoms. The van der Waals surface area contributed by atoms with Crippen LogP contribution in [-0.2, 0) is 4.74 Å². The molecule has 1 aromatic rings. The average Bonchev–Trinajstić information content (AvgIpc) is 3.52. The molecule has 4 rings (SSSR count). The third kappa shape index (κ3) is 5.93. The van der Waals surface area contributed by atoms with E-state index in [1.807, 2.05) is 12.1 Å². The molecule has 3 fully saturated rings. The highest BCUT2D eigenvalue weighted by Gasteiger charge is 2.34. The fourth-order valence-electron chi connectivity index (χ4n) is 4.57. The van der Waals surface area contributed by atoms with Crippen LogP contribution in [-0.4, -0.2) is 80.8 Å². The van der Waals surface area contributed by atoms with E-state index in [4.69, 9.17) is 9.73 Å². The summed E-state index contributed by atoms with van der Waals surface area (Å²) in [6.45, 7) is 10.2. The first-order valence-electron chi connectivity index (χ1n) is 11.6. The van der Waals surface area contributed by atoms with Crippen molar-refractivity contribution in [1.29, 1.82) is 0 Å². The Morgan fingerprint density at radius 1 is 1.13 bits per heavy atom. The van der Waals surface area contributed by atoms with Crippen molar-refractivity contribution in [3.8, 4) is 0 Å². The van der Waals surface area contributed by atoms with Crippen LogP contribution in [0.3, 0.4) is 0 Å². The Kier molecular flexibility index (Phi) is 7.57. The van der Waals surface area contributed by atoms with Gasteiger partial charge in [0.1, 0.15) is 5.82 Å². The first kappa shape index (κ1) is 21.5. The minimum atomic E-state index is -0.199. The maximum Gasteiger partial charge on any atom is 0.191 e. The molecule has 2 aliphatic heterocycles. The largest absolute Gasteiger partial charge is 0.379 e. The van der Waals surface area contributed by atoms with Crippen LogP contribution in [0, 0.1) is 11.7 Å². The molecule has 166 valence electrons. The number of benzene rings is 1. The van der Waals surface area contributed by atoms with Gasteiger partial charge in [-0.25, -0.2) is 4.39 Å². The minimum Gasteiger partial charge on any atom is -0.379 e. The van der Waals surface area contributed by atoms with Crippen LogP contribution in [0.1, 0.15) is 37.8 Å². The summed E-state index contributed by atoms with van der Waals surface area (Å²) in [5.74, 6) is 1.37. The van der Waals surface area contributed by atoms with Crippen molar-refractivity contribution >= 4 is 5.96 Å². The van der Waals surface area contributed by atoms with Gasteiger partial charge < -0.3 is 20.3 Å². The van der Waals surface area contributed by atoms with Gasteiger partial charge >= 0.3 is 0 Å². The van der Waals surface area contributed by atoms with E-state index in [9.17, 15) is 4.39 Å². The normalized spacial score (nSPS) is 24.7. The van der Waals surface area contributed by atoms with Crippen molar-refractivity contribution in [3.05, 3.63) is 35.6 Å².